The number of amides is 1. The number of unbranched alkanes of at least 4 members (excludes halogenated alkanes) is 2. The summed E-state index contributed by atoms with van der Waals surface area (Å²) in [6.45, 7) is 2.29. The average Bonchev–Trinajstić information content (AvgIpc) is 2.21. The van der Waals surface area contributed by atoms with Gasteiger partial charge < -0.3 is 15.8 Å². The molecule has 3 N–H and O–H groups in total. The number of esters is 1. The van der Waals surface area contributed by atoms with Crippen molar-refractivity contribution in [2.45, 2.75) is 26.2 Å². The highest BCUT2D eigenvalue weighted by atomic mass is 16.5. The van der Waals surface area contributed by atoms with E-state index in [1.54, 1.807) is 0 Å². The summed E-state index contributed by atoms with van der Waals surface area (Å²) in [5.74, 6) is -0.765. The van der Waals surface area contributed by atoms with Gasteiger partial charge >= 0.3 is 5.97 Å². The molecule has 1 amide bonds. The van der Waals surface area contributed by atoms with Gasteiger partial charge in [0.2, 0.25) is 5.91 Å². The molecule has 0 atom stereocenters. The first-order valence-corrected chi connectivity index (χ1v) is 4.83. The van der Waals surface area contributed by atoms with Crippen LogP contribution >= 0.6 is 0 Å². The zero-order chi connectivity index (χ0) is 10.8. The third-order valence-electron chi connectivity index (χ3n) is 1.63. The van der Waals surface area contributed by atoms with Gasteiger partial charge in [0, 0.05) is 0 Å². The molecule has 0 aliphatic heterocycles. The summed E-state index contributed by atoms with van der Waals surface area (Å²) in [5, 5.41) is 2.33. The third kappa shape index (κ3) is 7.54. The zero-order valence-corrected chi connectivity index (χ0v) is 8.54. The molecule has 0 heterocycles. The lowest BCUT2D eigenvalue weighted by Gasteiger charge is -2.04. The van der Waals surface area contributed by atoms with Gasteiger partial charge in [0.25, 0.3) is 0 Å². The first-order chi connectivity index (χ1) is 6.70. The lowest BCUT2D eigenvalue weighted by atomic mass is 10.3. The number of hydrogen-bond acceptors (Lipinski definition) is 4. The van der Waals surface area contributed by atoms with Gasteiger partial charge in [0.1, 0.15) is 6.54 Å². The monoisotopic (exact) mass is 202 g/mol. The summed E-state index contributed by atoms with van der Waals surface area (Å²) in [7, 11) is 0. The predicted octanol–water partition coefficient (Wildman–Crippen LogP) is -0.205. The van der Waals surface area contributed by atoms with E-state index in [1.165, 1.54) is 0 Å². The number of rotatable bonds is 7. The van der Waals surface area contributed by atoms with Crippen molar-refractivity contribution in [1.29, 1.82) is 0 Å². The van der Waals surface area contributed by atoms with Crippen LogP contribution in [0.4, 0.5) is 0 Å². The average molecular weight is 202 g/mol. The van der Waals surface area contributed by atoms with E-state index in [9.17, 15) is 9.59 Å². The Kier molecular flexibility index (Phi) is 7.83. The van der Waals surface area contributed by atoms with Crippen LogP contribution in [0.3, 0.4) is 0 Å². The van der Waals surface area contributed by atoms with E-state index >= 15 is 0 Å². The minimum Gasteiger partial charge on any atom is -0.464 e. The molecular formula is C9H18N2O3. The van der Waals surface area contributed by atoms with Crippen molar-refractivity contribution in [2.75, 3.05) is 19.7 Å². The Labute approximate surface area is 84.0 Å². The molecule has 0 bridgehead atoms. The van der Waals surface area contributed by atoms with Crippen LogP contribution in [0.1, 0.15) is 26.2 Å². The van der Waals surface area contributed by atoms with Gasteiger partial charge in [-0.3, -0.25) is 9.59 Å². The van der Waals surface area contributed by atoms with E-state index in [0.717, 1.165) is 19.3 Å². The topological polar surface area (TPSA) is 81.4 Å². The molecule has 0 aliphatic carbocycles. The smallest absolute Gasteiger partial charge is 0.325 e. The summed E-state index contributed by atoms with van der Waals surface area (Å²) in [5.41, 5.74) is 5.03. The highest BCUT2D eigenvalue weighted by Gasteiger charge is 2.04. The van der Waals surface area contributed by atoms with Crippen LogP contribution < -0.4 is 11.1 Å². The number of hydrogen-bond donors (Lipinski definition) is 2. The third-order valence-corrected chi connectivity index (χ3v) is 1.63. The fraction of sp³-hybridized carbons (Fsp3) is 0.778. The Balaban J connectivity index is 3.32. The highest BCUT2D eigenvalue weighted by molar-refractivity contribution is 5.82. The van der Waals surface area contributed by atoms with Crippen LogP contribution in [0.25, 0.3) is 0 Å². The maximum Gasteiger partial charge on any atom is 0.325 e. The summed E-state index contributed by atoms with van der Waals surface area (Å²) < 4.78 is 4.84. The summed E-state index contributed by atoms with van der Waals surface area (Å²) in [4.78, 5) is 21.6. The van der Waals surface area contributed by atoms with E-state index in [-0.39, 0.29) is 19.0 Å². The van der Waals surface area contributed by atoms with E-state index in [2.05, 4.69) is 12.2 Å². The second-order valence-corrected chi connectivity index (χ2v) is 2.91. The Morgan fingerprint density at radius 3 is 2.64 bits per heavy atom. The van der Waals surface area contributed by atoms with Crippen molar-refractivity contribution < 1.29 is 14.3 Å². The van der Waals surface area contributed by atoms with Crippen LogP contribution in [-0.2, 0) is 14.3 Å². The zero-order valence-electron chi connectivity index (χ0n) is 8.54. The van der Waals surface area contributed by atoms with Crippen LogP contribution in [0.15, 0.2) is 0 Å². The summed E-state index contributed by atoms with van der Waals surface area (Å²) in [6.07, 6.45) is 3.00. The Bertz CT molecular complexity index is 183. The van der Waals surface area contributed by atoms with Gasteiger partial charge in [-0.05, 0) is 6.42 Å². The summed E-state index contributed by atoms with van der Waals surface area (Å²) in [6, 6.07) is 0. The van der Waals surface area contributed by atoms with Gasteiger partial charge in [-0.1, -0.05) is 19.8 Å². The SMILES string of the molecule is CCCCCOC(=O)CNC(=O)CN. The Hall–Kier alpha value is -1.10. The number of nitrogens with two attached hydrogens (primary N) is 1. The molecule has 0 rings (SSSR count). The van der Waals surface area contributed by atoms with Crippen molar-refractivity contribution in [3.05, 3.63) is 0 Å². The molecule has 0 aromatic carbocycles. The Morgan fingerprint density at radius 2 is 2.07 bits per heavy atom. The van der Waals surface area contributed by atoms with Crippen LogP contribution in [0, 0.1) is 0 Å². The van der Waals surface area contributed by atoms with Crippen LogP contribution in [0.5, 0.6) is 0 Å². The molecule has 0 aliphatic rings. The molecule has 0 unspecified atom stereocenters. The maximum absolute atomic E-state index is 10.9. The van der Waals surface area contributed by atoms with Crippen molar-refractivity contribution in [2.24, 2.45) is 5.73 Å². The number of nitrogens with one attached hydrogen (secondary N) is 1. The van der Waals surface area contributed by atoms with Crippen molar-refractivity contribution in [3.8, 4) is 0 Å². The molecule has 0 fully saturated rings. The quantitative estimate of drug-likeness (QED) is 0.442. The van der Waals surface area contributed by atoms with Gasteiger partial charge in [-0.25, -0.2) is 0 Å². The second kappa shape index (κ2) is 8.50. The molecule has 0 aromatic rings. The molecule has 82 valence electrons. The van der Waals surface area contributed by atoms with Crippen molar-refractivity contribution >= 4 is 11.9 Å². The molecule has 5 nitrogen and oxygen atoms in total. The summed E-state index contributed by atoms with van der Waals surface area (Å²) >= 11 is 0. The normalized spacial score (nSPS) is 9.57. The van der Waals surface area contributed by atoms with Gasteiger partial charge in [0.05, 0.1) is 13.2 Å². The molecule has 0 aromatic heterocycles. The molecule has 0 radical (unpaired) electrons. The van der Waals surface area contributed by atoms with E-state index in [1.807, 2.05) is 0 Å². The molecule has 14 heavy (non-hydrogen) atoms. The maximum atomic E-state index is 10.9. The fourth-order valence-corrected chi connectivity index (χ4v) is 0.832. The fourth-order valence-electron chi connectivity index (χ4n) is 0.832. The number of ether oxygens (including phenoxy) is 1. The van der Waals surface area contributed by atoms with Gasteiger partial charge in [-0.2, -0.15) is 0 Å². The van der Waals surface area contributed by atoms with E-state index < -0.39 is 5.97 Å². The van der Waals surface area contributed by atoms with Crippen LogP contribution in [-0.4, -0.2) is 31.6 Å². The van der Waals surface area contributed by atoms with E-state index in [0.29, 0.717) is 6.61 Å². The van der Waals surface area contributed by atoms with Gasteiger partial charge in [-0.15, -0.1) is 0 Å². The molecule has 0 saturated heterocycles. The Morgan fingerprint density at radius 1 is 1.36 bits per heavy atom. The lowest BCUT2D eigenvalue weighted by Crippen LogP contribution is -2.35. The lowest BCUT2D eigenvalue weighted by molar-refractivity contribution is -0.143. The number of carbonyl (C=O) groups is 2. The molecule has 0 saturated carbocycles. The minimum absolute atomic E-state index is 0.0951. The van der Waals surface area contributed by atoms with Crippen LogP contribution in [0.2, 0.25) is 0 Å². The predicted molar refractivity (Wildman–Crippen MR) is 52.5 cm³/mol. The van der Waals surface area contributed by atoms with Crippen molar-refractivity contribution in [3.63, 3.8) is 0 Å². The largest absolute Gasteiger partial charge is 0.464 e. The molecule has 0 spiro atoms. The second-order valence-electron chi connectivity index (χ2n) is 2.91. The molecule has 5 heteroatoms. The van der Waals surface area contributed by atoms with Gasteiger partial charge in [0.15, 0.2) is 0 Å². The standard InChI is InChI=1S/C9H18N2O3/c1-2-3-4-5-14-9(13)7-11-8(12)6-10/h2-7,10H2,1H3,(H,11,12). The highest BCUT2D eigenvalue weighted by Crippen LogP contribution is 1.93. The number of carbonyl (C=O) groups excluding carboxylic acids is 2. The van der Waals surface area contributed by atoms with E-state index in [4.69, 9.17) is 10.5 Å². The molecular weight excluding hydrogens is 184 g/mol. The first-order valence-electron chi connectivity index (χ1n) is 4.83. The van der Waals surface area contributed by atoms with Crippen molar-refractivity contribution in [1.82, 2.24) is 5.32 Å². The first kappa shape index (κ1) is 12.9. The minimum atomic E-state index is -0.414.